The van der Waals surface area contributed by atoms with Gasteiger partial charge in [-0.25, -0.2) is 4.79 Å². The zero-order chi connectivity index (χ0) is 19.8. The highest BCUT2D eigenvalue weighted by Crippen LogP contribution is 2.20. The molecule has 0 saturated heterocycles. The molecule has 0 spiro atoms. The SMILES string of the molecule is CCOC(=O)c1ccccc1NC(=O)/C(C#N)=C\Nc1ccc(Br)c(C)c1. The van der Waals surface area contributed by atoms with Gasteiger partial charge in [-0.1, -0.05) is 28.1 Å². The van der Waals surface area contributed by atoms with Gasteiger partial charge in [0.25, 0.3) is 5.91 Å². The molecular weight excluding hydrogens is 410 g/mol. The van der Waals surface area contributed by atoms with Gasteiger partial charge in [0, 0.05) is 16.4 Å². The molecule has 0 radical (unpaired) electrons. The predicted octanol–water partition coefficient (Wildman–Crippen LogP) is 4.39. The molecule has 2 aromatic carbocycles. The molecule has 0 bridgehead atoms. The number of hydrogen-bond donors (Lipinski definition) is 2. The Morgan fingerprint density at radius 2 is 2.00 bits per heavy atom. The normalized spacial score (nSPS) is 10.7. The van der Waals surface area contributed by atoms with E-state index in [1.54, 1.807) is 31.2 Å². The average Bonchev–Trinajstić information content (AvgIpc) is 2.65. The van der Waals surface area contributed by atoms with Crippen molar-refractivity contribution in [1.29, 1.82) is 5.26 Å². The van der Waals surface area contributed by atoms with Crippen LogP contribution in [0.2, 0.25) is 0 Å². The first-order valence-corrected chi connectivity index (χ1v) is 8.96. The van der Waals surface area contributed by atoms with Gasteiger partial charge in [-0.05, 0) is 49.7 Å². The van der Waals surface area contributed by atoms with Gasteiger partial charge in [-0.2, -0.15) is 5.26 Å². The average molecular weight is 428 g/mol. The van der Waals surface area contributed by atoms with E-state index in [2.05, 4.69) is 26.6 Å². The topological polar surface area (TPSA) is 91.2 Å². The Kier molecular flexibility index (Phi) is 7.15. The van der Waals surface area contributed by atoms with Crippen molar-refractivity contribution < 1.29 is 14.3 Å². The largest absolute Gasteiger partial charge is 0.462 e. The number of benzene rings is 2. The van der Waals surface area contributed by atoms with Crippen LogP contribution in [0.3, 0.4) is 0 Å². The molecule has 2 N–H and O–H groups in total. The number of anilines is 2. The minimum absolute atomic E-state index is 0.130. The van der Waals surface area contributed by atoms with Crippen LogP contribution in [0.15, 0.2) is 58.7 Å². The molecule has 27 heavy (non-hydrogen) atoms. The molecule has 0 aliphatic rings. The summed E-state index contributed by atoms with van der Waals surface area (Å²) in [6, 6.07) is 13.9. The summed E-state index contributed by atoms with van der Waals surface area (Å²) in [7, 11) is 0. The minimum atomic E-state index is -0.629. The van der Waals surface area contributed by atoms with Crippen molar-refractivity contribution in [2.24, 2.45) is 0 Å². The monoisotopic (exact) mass is 427 g/mol. The maximum absolute atomic E-state index is 12.4. The van der Waals surface area contributed by atoms with E-state index >= 15 is 0 Å². The fourth-order valence-electron chi connectivity index (χ4n) is 2.21. The first-order valence-electron chi connectivity index (χ1n) is 8.16. The van der Waals surface area contributed by atoms with Gasteiger partial charge in [0.05, 0.1) is 17.9 Å². The zero-order valence-corrected chi connectivity index (χ0v) is 16.5. The molecule has 0 fully saturated rings. The third kappa shape index (κ3) is 5.43. The first-order chi connectivity index (χ1) is 13.0. The second-order valence-corrected chi connectivity index (χ2v) is 6.35. The zero-order valence-electron chi connectivity index (χ0n) is 14.9. The summed E-state index contributed by atoms with van der Waals surface area (Å²) < 4.78 is 5.94. The molecule has 0 saturated carbocycles. The summed E-state index contributed by atoms with van der Waals surface area (Å²) in [6.07, 6.45) is 1.32. The molecule has 0 heterocycles. The Morgan fingerprint density at radius 1 is 1.26 bits per heavy atom. The van der Waals surface area contributed by atoms with Crippen molar-refractivity contribution in [2.45, 2.75) is 13.8 Å². The van der Waals surface area contributed by atoms with Gasteiger partial charge in [-0.3, -0.25) is 4.79 Å². The van der Waals surface area contributed by atoms with Crippen molar-refractivity contribution in [3.8, 4) is 6.07 Å². The van der Waals surface area contributed by atoms with E-state index in [0.717, 1.165) is 15.7 Å². The summed E-state index contributed by atoms with van der Waals surface area (Å²) in [5.41, 5.74) is 2.13. The number of halogens is 1. The van der Waals surface area contributed by atoms with Crippen molar-refractivity contribution >= 4 is 39.2 Å². The number of carbonyl (C=O) groups is 2. The molecule has 2 aromatic rings. The number of nitriles is 1. The van der Waals surface area contributed by atoms with E-state index in [4.69, 9.17) is 4.74 Å². The van der Waals surface area contributed by atoms with Crippen LogP contribution in [-0.4, -0.2) is 18.5 Å². The lowest BCUT2D eigenvalue weighted by atomic mass is 10.1. The number of nitrogens with one attached hydrogen (secondary N) is 2. The molecule has 0 unspecified atom stereocenters. The lowest BCUT2D eigenvalue weighted by molar-refractivity contribution is -0.112. The molecule has 0 aliphatic heterocycles. The number of amides is 1. The maximum atomic E-state index is 12.4. The number of hydrogen-bond acceptors (Lipinski definition) is 5. The highest BCUT2D eigenvalue weighted by molar-refractivity contribution is 9.10. The van der Waals surface area contributed by atoms with Gasteiger partial charge in [0.2, 0.25) is 0 Å². The van der Waals surface area contributed by atoms with Crippen LogP contribution in [0.25, 0.3) is 0 Å². The standard InChI is InChI=1S/C20H18BrN3O3/c1-3-27-20(26)16-6-4-5-7-18(16)24-19(25)14(11-22)12-23-15-8-9-17(21)13(2)10-15/h4-10,12,23H,3H2,1-2H3,(H,24,25)/b14-12-. The lowest BCUT2D eigenvalue weighted by Gasteiger charge is -2.10. The Bertz CT molecular complexity index is 932. The van der Waals surface area contributed by atoms with Gasteiger partial charge in [-0.15, -0.1) is 0 Å². The van der Waals surface area contributed by atoms with Crippen LogP contribution >= 0.6 is 15.9 Å². The number of rotatable bonds is 6. The number of esters is 1. The number of para-hydroxylation sites is 1. The van der Waals surface area contributed by atoms with Gasteiger partial charge in [0.15, 0.2) is 0 Å². The number of nitrogens with zero attached hydrogens (tertiary/aromatic N) is 1. The molecular formula is C20H18BrN3O3. The second kappa shape index (κ2) is 9.55. The molecule has 7 heteroatoms. The van der Waals surface area contributed by atoms with E-state index in [1.807, 2.05) is 31.2 Å². The fraction of sp³-hybridized carbons (Fsp3) is 0.150. The summed E-state index contributed by atoms with van der Waals surface area (Å²) in [6.45, 7) is 3.86. The Morgan fingerprint density at radius 3 is 2.67 bits per heavy atom. The van der Waals surface area contributed by atoms with Crippen LogP contribution < -0.4 is 10.6 Å². The third-order valence-electron chi connectivity index (χ3n) is 3.58. The third-order valence-corrected chi connectivity index (χ3v) is 4.47. The summed E-state index contributed by atoms with van der Waals surface area (Å²) in [4.78, 5) is 24.4. The van der Waals surface area contributed by atoms with Crippen LogP contribution in [-0.2, 0) is 9.53 Å². The lowest BCUT2D eigenvalue weighted by Crippen LogP contribution is -2.17. The smallest absolute Gasteiger partial charge is 0.340 e. The molecule has 0 atom stereocenters. The highest BCUT2D eigenvalue weighted by Gasteiger charge is 2.16. The highest BCUT2D eigenvalue weighted by atomic mass is 79.9. The quantitative estimate of drug-likeness (QED) is 0.405. The maximum Gasteiger partial charge on any atom is 0.340 e. The molecule has 6 nitrogen and oxygen atoms in total. The number of carbonyl (C=O) groups excluding carboxylic acids is 2. The predicted molar refractivity (Wildman–Crippen MR) is 107 cm³/mol. The van der Waals surface area contributed by atoms with Crippen molar-refractivity contribution in [1.82, 2.24) is 0 Å². The molecule has 0 aromatic heterocycles. The molecule has 138 valence electrons. The van der Waals surface area contributed by atoms with Crippen LogP contribution in [0, 0.1) is 18.3 Å². The number of ether oxygens (including phenoxy) is 1. The van der Waals surface area contributed by atoms with Gasteiger partial charge < -0.3 is 15.4 Å². The Balaban J connectivity index is 2.17. The number of aryl methyl sites for hydroxylation is 1. The van der Waals surface area contributed by atoms with Crippen LogP contribution in [0.4, 0.5) is 11.4 Å². The summed E-state index contributed by atoms with van der Waals surface area (Å²) in [5, 5.41) is 14.8. The summed E-state index contributed by atoms with van der Waals surface area (Å²) in [5.74, 6) is -1.17. The van der Waals surface area contributed by atoms with E-state index in [1.165, 1.54) is 6.20 Å². The van der Waals surface area contributed by atoms with Crippen LogP contribution in [0.1, 0.15) is 22.8 Å². The molecule has 2 rings (SSSR count). The van der Waals surface area contributed by atoms with Gasteiger partial charge in [0.1, 0.15) is 11.6 Å². The molecule has 0 aliphatic carbocycles. The van der Waals surface area contributed by atoms with E-state index < -0.39 is 11.9 Å². The Hall–Kier alpha value is -3.11. The second-order valence-electron chi connectivity index (χ2n) is 5.50. The van der Waals surface area contributed by atoms with E-state index in [-0.39, 0.29) is 23.4 Å². The van der Waals surface area contributed by atoms with Crippen molar-refractivity contribution in [3.05, 3.63) is 69.8 Å². The fourth-order valence-corrected chi connectivity index (χ4v) is 2.45. The summed E-state index contributed by atoms with van der Waals surface area (Å²) >= 11 is 3.42. The molecule has 1 amide bonds. The van der Waals surface area contributed by atoms with Crippen molar-refractivity contribution in [2.75, 3.05) is 17.2 Å². The Labute approximate surface area is 166 Å². The van der Waals surface area contributed by atoms with E-state index in [0.29, 0.717) is 0 Å². The van der Waals surface area contributed by atoms with Gasteiger partial charge >= 0.3 is 5.97 Å². The first kappa shape index (κ1) is 20.2. The van der Waals surface area contributed by atoms with E-state index in [9.17, 15) is 14.9 Å². The van der Waals surface area contributed by atoms with Crippen molar-refractivity contribution in [3.63, 3.8) is 0 Å². The van der Waals surface area contributed by atoms with Crippen LogP contribution in [0.5, 0.6) is 0 Å². The minimum Gasteiger partial charge on any atom is -0.462 e.